The molecule has 1 aliphatic heterocycles. The zero-order chi connectivity index (χ0) is 17.1. The summed E-state index contributed by atoms with van der Waals surface area (Å²) in [6.07, 6.45) is 0.625. The van der Waals surface area contributed by atoms with Gasteiger partial charge in [-0.05, 0) is 26.0 Å². The maximum atomic E-state index is 12.6. The SMILES string of the molecule is CCN1CCN(c2nc(C)c(Cc3cccc(C)c3)c(=O)[nH]2)CC1. The summed E-state index contributed by atoms with van der Waals surface area (Å²) in [6.45, 7) is 11.1. The molecule has 2 heterocycles. The number of aryl methyl sites for hydroxylation is 2. The Morgan fingerprint density at radius 2 is 1.92 bits per heavy atom. The summed E-state index contributed by atoms with van der Waals surface area (Å²) in [6, 6.07) is 8.28. The lowest BCUT2D eigenvalue weighted by molar-refractivity contribution is 0.269. The average molecular weight is 326 g/mol. The normalized spacial score (nSPS) is 15.7. The van der Waals surface area contributed by atoms with Gasteiger partial charge in [-0.3, -0.25) is 9.78 Å². The van der Waals surface area contributed by atoms with Crippen LogP contribution in [0.3, 0.4) is 0 Å². The molecule has 1 saturated heterocycles. The molecule has 0 radical (unpaired) electrons. The summed E-state index contributed by atoms with van der Waals surface area (Å²) >= 11 is 0. The number of H-pyrrole nitrogens is 1. The van der Waals surface area contributed by atoms with Crippen molar-refractivity contribution in [1.82, 2.24) is 14.9 Å². The van der Waals surface area contributed by atoms with E-state index >= 15 is 0 Å². The van der Waals surface area contributed by atoms with Gasteiger partial charge in [-0.15, -0.1) is 0 Å². The minimum absolute atomic E-state index is 0.0167. The summed E-state index contributed by atoms with van der Waals surface area (Å²) in [5.41, 5.74) is 3.93. The van der Waals surface area contributed by atoms with Crippen molar-refractivity contribution in [2.24, 2.45) is 0 Å². The minimum atomic E-state index is -0.0167. The Morgan fingerprint density at radius 1 is 1.17 bits per heavy atom. The highest BCUT2D eigenvalue weighted by Gasteiger charge is 2.19. The number of aromatic nitrogens is 2. The standard InChI is InChI=1S/C19H26N4O/c1-4-22-8-10-23(11-9-22)19-20-15(3)17(18(24)21-19)13-16-7-5-6-14(2)12-16/h5-7,12H,4,8-11,13H2,1-3H3,(H,20,21,24). The quantitative estimate of drug-likeness (QED) is 0.935. The molecule has 1 aliphatic rings. The first-order chi connectivity index (χ1) is 11.6. The molecule has 1 aromatic heterocycles. The molecule has 0 saturated carbocycles. The molecule has 1 aromatic carbocycles. The molecule has 0 amide bonds. The Kier molecular flexibility index (Phi) is 5.00. The number of rotatable bonds is 4. The van der Waals surface area contributed by atoms with Gasteiger partial charge in [-0.25, -0.2) is 4.98 Å². The Bertz CT molecular complexity index is 760. The van der Waals surface area contributed by atoms with Gasteiger partial charge in [0.15, 0.2) is 0 Å². The van der Waals surface area contributed by atoms with Gasteiger partial charge in [0, 0.05) is 38.2 Å². The van der Waals surface area contributed by atoms with Crippen molar-refractivity contribution in [3.8, 4) is 0 Å². The van der Waals surface area contributed by atoms with Crippen LogP contribution in [0.25, 0.3) is 0 Å². The van der Waals surface area contributed by atoms with Crippen molar-refractivity contribution >= 4 is 5.95 Å². The van der Waals surface area contributed by atoms with E-state index in [9.17, 15) is 4.79 Å². The predicted octanol–water partition coefficient (Wildman–Crippen LogP) is 2.12. The zero-order valence-corrected chi connectivity index (χ0v) is 14.8. The van der Waals surface area contributed by atoms with Gasteiger partial charge in [-0.2, -0.15) is 0 Å². The van der Waals surface area contributed by atoms with Crippen LogP contribution in [0.4, 0.5) is 5.95 Å². The molecule has 5 heteroatoms. The first kappa shape index (κ1) is 16.7. The third-order valence-electron chi connectivity index (χ3n) is 4.79. The molecular weight excluding hydrogens is 300 g/mol. The van der Waals surface area contributed by atoms with Gasteiger partial charge in [-0.1, -0.05) is 36.8 Å². The van der Waals surface area contributed by atoms with Crippen molar-refractivity contribution in [3.05, 3.63) is 57.0 Å². The number of hydrogen-bond donors (Lipinski definition) is 1. The van der Waals surface area contributed by atoms with Crippen molar-refractivity contribution in [2.45, 2.75) is 27.2 Å². The number of benzene rings is 1. The molecule has 0 spiro atoms. The fraction of sp³-hybridized carbons (Fsp3) is 0.474. The van der Waals surface area contributed by atoms with Crippen molar-refractivity contribution in [2.75, 3.05) is 37.6 Å². The predicted molar refractivity (Wildman–Crippen MR) is 97.9 cm³/mol. The van der Waals surface area contributed by atoms with E-state index in [1.807, 2.05) is 13.0 Å². The molecule has 1 N–H and O–H groups in total. The van der Waals surface area contributed by atoms with Gasteiger partial charge < -0.3 is 9.80 Å². The van der Waals surface area contributed by atoms with Crippen LogP contribution < -0.4 is 10.5 Å². The maximum Gasteiger partial charge on any atom is 0.256 e. The summed E-state index contributed by atoms with van der Waals surface area (Å²) in [5, 5.41) is 0. The lowest BCUT2D eigenvalue weighted by atomic mass is 10.0. The first-order valence-electron chi connectivity index (χ1n) is 8.69. The number of aromatic amines is 1. The van der Waals surface area contributed by atoms with Crippen LogP contribution in [-0.2, 0) is 6.42 Å². The van der Waals surface area contributed by atoms with Crippen LogP contribution in [0, 0.1) is 13.8 Å². The van der Waals surface area contributed by atoms with Gasteiger partial charge in [0.05, 0.1) is 5.69 Å². The van der Waals surface area contributed by atoms with E-state index < -0.39 is 0 Å². The van der Waals surface area contributed by atoms with Crippen molar-refractivity contribution in [1.29, 1.82) is 0 Å². The van der Waals surface area contributed by atoms with E-state index in [1.54, 1.807) is 0 Å². The van der Waals surface area contributed by atoms with Crippen LogP contribution >= 0.6 is 0 Å². The Labute approximate surface area is 143 Å². The van der Waals surface area contributed by atoms with E-state index in [1.165, 1.54) is 5.56 Å². The molecule has 3 rings (SSSR count). The maximum absolute atomic E-state index is 12.6. The second-order valence-electron chi connectivity index (χ2n) is 6.54. The average Bonchev–Trinajstić information content (AvgIpc) is 2.58. The molecular formula is C19H26N4O. The highest BCUT2D eigenvalue weighted by molar-refractivity contribution is 5.36. The van der Waals surface area contributed by atoms with E-state index in [4.69, 9.17) is 0 Å². The fourth-order valence-electron chi connectivity index (χ4n) is 3.26. The van der Waals surface area contributed by atoms with E-state index in [-0.39, 0.29) is 5.56 Å². The Morgan fingerprint density at radius 3 is 2.54 bits per heavy atom. The molecule has 1 fully saturated rings. The number of piperazine rings is 1. The number of hydrogen-bond acceptors (Lipinski definition) is 4. The second kappa shape index (κ2) is 7.18. The second-order valence-corrected chi connectivity index (χ2v) is 6.54. The van der Waals surface area contributed by atoms with Crippen LogP contribution in [-0.4, -0.2) is 47.6 Å². The largest absolute Gasteiger partial charge is 0.340 e. The van der Waals surface area contributed by atoms with Gasteiger partial charge in [0.1, 0.15) is 0 Å². The van der Waals surface area contributed by atoms with Crippen LogP contribution in [0.15, 0.2) is 29.1 Å². The third kappa shape index (κ3) is 3.67. The fourth-order valence-corrected chi connectivity index (χ4v) is 3.26. The van der Waals surface area contributed by atoms with E-state index in [0.29, 0.717) is 12.4 Å². The lowest BCUT2D eigenvalue weighted by Gasteiger charge is -2.34. The molecule has 128 valence electrons. The molecule has 0 unspecified atom stereocenters. The summed E-state index contributed by atoms with van der Waals surface area (Å²) in [7, 11) is 0. The highest BCUT2D eigenvalue weighted by atomic mass is 16.1. The van der Waals surface area contributed by atoms with Crippen molar-refractivity contribution in [3.63, 3.8) is 0 Å². The Balaban J connectivity index is 1.80. The highest BCUT2D eigenvalue weighted by Crippen LogP contribution is 2.14. The molecule has 0 aliphatic carbocycles. The number of likely N-dealkylation sites (N-methyl/N-ethyl adjacent to an activating group) is 1. The summed E-state index contributed by atoms with van der Waals surface area (Å²) in [5.74, 6) is 0.709. The zero-order valence-electron chi connectivity index (χ0n) is 14.8. The lowest BCUT2D eigenvalue weighted by Crippen LogP contribution is -2.47. The molecule has 0 bridgehead atoms. The van der Waals surface area contributed by atoms with Crippen LogP contribution in [0.1, 0.15) is 29.3 Å². The molecule has 2 aromatic rings. The smallest absolute Gasteiger partial charge is 0.256 e. The van der Waals surface area contributed by atoms with Crippen LogP contribution in [0.5, 0.6) is 0 Å². The van der Waals surface area contributed by atoms with E-state index in [0.717, 1.165) is 49.5 Å². The summed E-state index contributed by atoms with van der Waals surface area (Å²) < 4.78 is 0. The number of anilines is 1. The molecule has 0 atom stereocenters. The van der Waals surface area contributed by atoms with Crippen LogP contribution in [0.2, 0.25) is 0 Å². The first-order valence-corrected chi connectivity index (χ1v) is 8.69. The Hall–Kier alpha value is -2.14. The number of nitrogens with one attached hydrogen (secondary N) is 1. The van der Waals surface area contributed by atoms with Gasteiger partial charge in [0.25, 0.3) is 5.56 Å². The van der Waals surface area contributed by atoms with E-state index in [2.05, 4.69) is 51.8 Å². The van der Waals surface area contributed by atoms with Gasteiger partial charge >= 0.3 is 0 Å². The molecule has 5 nitrogen and oxygen atoms in total. The third-order valence-corrected chi connectivity index (χ3v) is 4.79. The topological polar surface area (TPSA) is 52.2 Å². The van der Waals surface area contributed by atoms with Crippen molar-refractivity contribution < 1.29 is 0 Å². The number of nitrogens with zero attached hydrogens (tertiary/aromatic N) is 3. The summed E-state index contributed by atoms with van der Waals surface area (Å²) in [4.78, 5) is 24.8. The minimum Gasteiger partial charge on any atom is -0.340 e. The van der Waals surface area contributed by atoms with Gasteiger partial charge in [0.2, 0.25) is 5.95 Å². The monoisotopic (exact) mass is 326 g/mol. The molecule has 24 heavy (non-hydrogen) atoms.